The minimum Gasteiger partial charge on any atom is -0.378 e. The molecule has 1 aliphatic heterocycles. The summed E-state index contributed by atoms with van der Waals surface area (Å²) in [6, 6.07) is 0.734. The van der Waals surface area contributed by atoms with Gasteiger partial charge in [0.15, 0.2) is 0 Å². The van der Waals surface area contributed by atoms with Gasteiger partial charge in [0.2, 0.25) is 0 Å². The molecule has 1 aromatic heterocycles. The van der Waals surface area contributed by atoms with E-state index < -0.39 is 0 Å². The Hall–Kier alpha value is -0.870. The van der Waals surface area contributed by atoms with Crippen LogP contribution in [-0.2, 0) is 11.3 Å². The highest BCUT2D eigenvalue weighted by atomic mass is 16.5. The second-order valence-electron chi connectivity index (χ2n) is 6.00. The van der Waals surface area contributed by atoms with Crippen LogP contribution in [0.1, 0.15) is 50.4 Å². The van der Waals surface area contributed by atoms with Crippen LogP contribution in [0.5, 0.6) is 0 Å². The van der Waals surface area contributed by atoms with Crippen molar-refractivity contribution in [2.24, 2.45) is 0 Å². The Labute approximate surface area is 115 Å². The van der Waals surface area contributed by atoms with E-state index in [0.29, 0.717) is 6.10 Å². The van der Waals surface area contributed by atoms with E-state index in [1.54, 1.807) is 0 Å². The van der Waals surface area contributed by atoms with Gasteiger partial charge in [-0.1, -0.05) is 0 Å². The van der Waals surface area contributed by atoms with Crippen LogP contribution in [0.4, 0.5) is 0 Å². The summed E-state index contributed by atoms with van der Waals surface area (Å²) in [5, 5.41) is 0. The molecule has 2 heterocycles. The molecule has 106 valence electrons. The second kappa shape index (κ2) is 6.06. The van der Waals surface area contributed by atoms with E-state index in [-0.39, 0.29) is 0 Å². The lowest BCUT2D eigenvalue weighted by molar-refractivity contribution is 0.0994. The molecule has 0 amide bonds. The van der Waals surface area contributed by atoms with Gasteiger partial charge < -0.3 is 9.30 Å². The zero-order chi connectivity index (χ0) is 13.1. The van der Waals surface area contributed by atoms with Crippen molar-refractivity contribution in [1.82, 2.24) is 14.5 Å². The van der Waals surface area contributed by atoms with E-state index in [2.05, 4.69) is 27.7 Å². The molecular weight excluding hydrogens is 238 g/mol. The van der Waals surface area contributed by atoms with Gasteiger partial charge in [-0.15, -0.1) is 0 Å². The maximum absolute atomic E-state index is 5.66. The fourth-order valence-electron chi connectivity index (χ4n) is 2.93. The van der Waals surface area contributed by atoms with Crippen LogP contribution in [0.15, 0.2) is 12.4 Å². The van der Waals surface area contributed by atoms with Gasteiger partial charge in [-0.2, -0.15) is 0 Å². The van der Waals surface area contributed by atoms with Crippen LogP contribution in [0.3, 0.4) is 0 Å². The normalized spacial score (nSPS) is 23.4. The molecule has 19 heavy (non-hydrogen) atoms. The third kappa shape index (κ3) is 3.57. The summed E-state index contributed by atoms with van der Waals surface area (Å²) in [5.74, 6) is 1.22. The van der Waals surface area contributed by atoms with Crippen molar-refractivity contribution in [2.45, 2.75) is 57.2 Å². The van der Waals surface area contributed by atoms with Crippen molar-refractivity contribution < 1.29 is 4.74 Å². The molecule has 1 atom stereocenters. The third-order valence-electron chi connectivity index (χ3n) is 4.19. The average Bonchev–Trinajstić information content (AvgIpc) is 2.91. The fraction of sp³-hybridized carbons (Fsp3) is 0.800. The molecular formula is C15H25N3O. The smallest absolute Gasteiger partial charge is 0.123 e. The van der Waals surface area contributed by atoms with Gasteiger partial charge in [-0.05, 0) is 52.1 Å². The van der Waals surface area contributed by atoms with Crippen LogP contribution < -0.4 is 0 Å². The summed E-state index contributed by atoms with van der Waals surface area (Å²) in [4.78, 5) is 6.88. The molecule has 3 rings (SSSR count). The van der Waals surface area contributed by atoms with Crippen molar-refractivity contribution >= 4 is 0 Å². The van der Waals surface area contributed by atoms with E-state index in [1.807, 2.05) is 6.20 Å². The Bertz CT molecular complexity index is 394. The first-order chi connectivity index (χ1) is 9.33. The molecule has 4 nitrogen and oxygen atoms in total. The quantitative estimate of drug-likeness (QED) is 0.757. The molecule has 1 saturated carbocycles. The Balaban J connectivity index is 1.40. The molecule has 0 aromatic carbocycles. The van der Waals surface area contributed by atoms with Crippen LogP contribution in [0.25, 0.3) is 0 Å². The maximum Gasteiger partial charge on any atom is 0.123 e. The molecule has 0 spiro atoms. The molecule has 0 radical (unpaired) electrons. The topological polar surface area (TPSA) is 30.3 Å². The lowest BCUT2D eigenvalue weighted by Crippen LogP contribution is -2.22. The Morgan fingerprint density at radius 3 is 3.05 bits per heavy atom. The van der Waals surface area contributed by atoms with E-state index in [4.69, 9.17) is 4.74 Å². The van der Waals surface area contributed by atoms with E-state index in [0.717, 1.165) is 25.7 Å². The summed E-state index contributed by atoms with van der Waals surface area (Å²) in [6.07, 6.45) is 12.2. The number of hydrogen-bond donors (Lipinski definition) is 0. The molecule has 1 aliphatic carbocycles. The van der Waals surface area contributed by atoms with Crippen molar-refractivity contribution in [3.8, 4) is 0 Å². The van der Waals surface area contributed by atoms with Crippen molar-refractivity contribution in [2.75, 3.05) is 20.2 Å². The minimum absolute atomic E-state index is 0.529. The zero-order valence-corrected chi connectivity index (χ0v) is 11.9. The average molecular weight is 263 g/mol. The van der Waals surface area contributed by atoms with Gasteiger partial charge in [-0.3, -0.25) is 4.90 Å². The van der Waals surface area contributed by atoms with Crippen molar-refractivity contribution in [3.63, 3.8) is 0 Å². The Morgan fingerprint density at radius 2 is 2.32 bits per heavy atom. The minimum atomic E-state index is 0.529. The molecule has 0 bridgehead atoms. The van der Waals surface area contributed by atoms with Crippen LogP contribution >= 0.6 is 0 Å². The number of hydrogen-bond acceptors (Lipinski definition) is 3. The van der Waals surface area contributed by atoms with Crippen molar-refractivity contribution in [3.05, 3.63) is 18.2 Å². The largest absolute Gasteiger partial charge is 0.378 e. The van der Waals surface area contributed by atoms with Gasteiger partial charge in [-0.25, -0.2) is 4.98 Å². The number of ether oxygens (including phenoxy) is 1. The highest BCUT2D eigenvalue weighted by Gasteiger charge is 2.25. The zero-order valence-electron chi connectivity index (χ0n) is 11.9. The van der Waals surface area contributed by atoms with Crippen molar-refractivity contribution in [1.29, 1.82) is 0 Å². The Kier molecular flexibility index (Phi) is 4.18. The van der Waals surface area contributed by atoms with E-state index in [1.165, 1.54) is 44.3 Å². The summed E-state index contributed by atoms with van der Waals surface area (Å²) < 4.78 is 8.02. The lowest BCUT2D eigenvalue weighted by atomic mass is 10.1. The lowest BCUT2D eigenvalue weighted by Gasteiger charge is -2.18. The fourth-order valence-corrected chi connectivity index (χ4v) is 2.93. The summed E-state index contributed by atoms with van der Waals surface area (Å²) >= 11 is 0. The summed E-state index contributed by atoms with van der Waals surface area (Å²) in [5.41, 5.74) is 0. The molecule has 0 N–H and O–H groups in total. The predicted molar refractivity (Wildman–Crippen MR) is 75.0 cm³/mol. The monoisotopic (exact) mass is 263 g/mol. The molecule has 4 heteroatoms. The number of imidazole rings is 1. The number of rotatable bonds is 7. The molecule has 2 fully saturated rings. The first-order valence-corrected chi connectivity index (χ1v) is 7.65. The second-order valence-corrected chi connectivity index (χ2v) is 6.00. The summed E-state index contributed by atoms with van der Waals surface area (Å²) in [7, 11) is 2.20. The molecule has 1 unspecified atom stereocenters. The van der Waals surface area contributed by atoms with Gasteiger partial charge in [0.25, 0.3) is 0 Å². The van der Waals surface area contributed by atoms with Crippen LogP contribution in [-0.4, -0.2) is 40.8 Å². The summed E-state index contributed by atoms with van der Waals surface area (Å²) in [6.45, 7) is 3.08. The van der Waals surface area contributed by atoms with E-state index in [9.17, 15) is 0 Å². The molecule has 1 saturated heterocycles. The highest BCUT2D eigenvalue weighted by Crippen LogP contribution is 2.35. The first-order valence-electron chi connectivity index (χ1n) is 7.65. The number of nitrogens with zero attached hydrogens (tertiary/aromatic N) is 3. The van der Waals surface area contributed by atoms with Gasteiger partial charge >= 0.3 is 0 Å². The SMILES string of the molecule is CN(CCCC1CCCO1)Cc1nccn1C1CC1. The third-order valence-corrected chi connectivity index (χ3v) is 4.19. The van der Waals surface area contributed by atoms with Gasteiger partial charge in [0.1, 0.15) is 5.82 Å². The molecule has 2 aliphatic rings. The Morgan fingerprint density at radius 1 is 1.42 bits per heavy atom. The van der Waals surface area contributed by atoms with Gasteiger partial charge in [0.05, 0.1) is 12.6 Å². The predicted octanol–water partition coefficient (Wildman–Crippen LogP) is 2.61. The first kappa shape index (κ1) is 13.1. The van der Waals surface area contributed by atoms with Crippen LogP contribution in [0, 0.1) is 0 Å². The van der Waals surface area contributed by atoms with Crippen LogP contribution in [0.2, 0.25) is 0 Å². The number of aromatic nitrogens is 2. The maximum atomic E-state index is 5.66. The highest BCUT2D eigenvalue weighted by molar-refractivity contribution is 4.99. The standard InChI is InChI=1S/C15H25N3O/c1-17(9-2-4-14-5-3-11-19-14)12-15-16-8-10-18(15)13-6-7-13/h8,10,13-14H,2-7,9,11-12H2,1H3. The molecule has 1 aromatic rings. The van der Waals surface area contributed by atoms with Gasteiger partial charge in [0, 0.05) is 25.0 Å². The van der Waals surface area contributed by atoms with E-state index >= 15 is 0 Å².